The molecular formula is C26H26N2O3S. The monoisotopic (exact) mass is 446 g/mol. The Balaban J connectivity index is 1.92. The van der Waals surface area contributed by atoms with Gasteiger partial charge in [0.15, 0.2) is 5.13 Å². The number of Topliss-reactive ketones (excluding diaryl/α,β-unsaturated/α-hetero) is 1. The molecule has 6 heteroatoms. The van der Waals surface area contributed by atoms with E-state index in [1.54, 1.807) is 12.1 Å². The normalized spacial score (nSPS) is 18.1. The van der Waals surface area contributed by atoms with E-state index in [0.717, 1.165) is 27.3 Å². The number of carbonyl (C=O) groups is 2. The number of rotatable bonds is 4. The van der Waals surface area contributed by atoms with Crippen LogP contribution in [0, 0.1) is 20.8 Å². The molecule has 1 aliphatic rings. The van der Waals surface area contributed by atoms with E-state index in [9.17, 15) is 14.7 Å². The molecule has 0 bridgehead atoms. The quantitative estimate of drug-likeness (QED) is 0.311. The third-order valence-electron chi connectivity index (χ3n) is 5.91. The minimum absolute atomic E-state index is 0.0849. The van der Waals surface area contributed by atoms with Crippen molar-refractivity contribution in [3.05, 3.63) is 86.9 Å². The Morgan fingerprint density at radius 2 is 1.62 bits per heavy atom. The Hall–Kier alpha value is -3.25. The first-order valence-electron chi connectivity index (χ1n) is 10.6. The van der Waals surface area contributed by atoms with Crippen molar-refractivity contribution in [3.8, 4) is 0 Å². The second-order valence-electron chi connectivity index (χ2n) is 8.49. The zero-order valence-electron chi connectivity index (χ0n) is 18.8. The number of anilines is 1. The van der Waals surface area contributed by atoms with Crippen molar-refractivity contribution in [1.29, 1.82) is 0 Å². The average Bonchev–Trinajstić information content (AvgIpc) is 3.23. The molecule has 0 radical (unpaired) electrons. The summed E-state index contributed by atoms with van der Waals surface area (Å²) in [6.45, 7) is 9.99. The molecule has 2 heterocycles. The van der Waals surface area contributed by atoms with Gasteiger partial charge in [0.25, 0.3) is 5.78 Å². The van der Waals surface area contributed by atoms with E-state index >= 15 is 0 Å². The molecule has 1 saturated heterocycles. The summed E-state index contributed by atoms with van der Waals surface area (Å²) in [5.74, 6) is -1.20. The van der Waals surface area contributed by atoms with Crippen LogP contribution < -0.4 is 4.90 Å². The Morgan fingerprint density at radius 3 is 2.16 bits per heavy atom. The van der Waals surface area contributed by atoms with Gasteiger partial charge in [0.2, 0.25) is 0 Å². The van der Waals surface area contributed by atoms with Crippen LogP contribution in [0.3, 0.4) is 0 Å². The summed E-state index contributed by atoms with van der Waals surface area (Å²) < 4.78 is 0. The van der Waals surface area contributed by atoms with E-state index in [2.05, 4.69) is 18.8 Å². The van der Waals surface area contributed by atoms with Gasteiger partial charge in [-0.05, 0) is 37.8 Å². The molecule has 0 unspecified atom stereocenters. The summed E-state index contributed by atoms with van der Waals surface area (Å²) in [6, 6.07) is 14.4. The molecule has 1 aromatic heterocycles. The standard InChI is InChI=1S/C26H26N2O3S/c1-14(2)18-10-12-19(13-11-18)22-21(23(29)20-8-6-15(3)7-9-20)24(30)25(31)28(22)26-27-16(4)17(5)32-26/h6-14,22,29H,1-5H3/t22-/m1/s1. The molecule has 32 heavy (non-hydrogen) atoms. The number of aryl methyl sites for hydroxylation is 3. The number of benzene rings is 2. The van der Waals surface area contributed by atoms with Crippen LogP contribution in [-0.4, -0.2) is 21.8 Å². The molecule has 1 aliphatic heterocycles. The van der Waals surface area contributed by atoms with E-state index in [4.69, 9.17) is 0 Å². The van der Waals surface area contributed by atoms with Gasteiger partial charge in [0.1, 0.15) is 5.76 Å². The summed E-state index contributed by atoms with van der Waals surface area (Å²) in [5.41, 5.74) is 4.36. The second kappa shape index (κ2) is 8.36. The first-order chi connectivity index (χ1) is 15.2. The number of nitrogens with zero attached hydrogens (tertiary/aromatic N) is 2. The van der Waals surface area contributed by atoms with Crippen LogP contribution in [0.25, 0.3) is 5.76 Å². The molecule has 2 aromatic carbocycles. The zero-order chi connectivity index (χ0) is 23.2. The largest absolute Gasteiger partial charge is 0.507 e. The van der Waals surface area contributed by atoms with Crippen molar-refractivity contribution in [2.24, 2.45) is 0 Å². The van der Waals surface area contributed by atoms with Crippen LogP contribution in [0.15, 0.2) is 54.1 Å². The summed E-state index contributed by atoms with van der Waals surface area (Å²) in [5, 5.41) is 11.6. The molecule has 1 atom stereocenters. The Labute approximate surface area is 192 Å². The lowest BCUT2D eigenvalue weighted by atomic mass is 9.93. The fourth-order valence-electron chi connectivity index (χ4n) is 3.83. The van der Waals surface area contributed by atoms with Gasteiger partial charge in [-0.25, -0.2) is 4.98 Å². The van der Waals surface area contributed by atoms with Crippen molar-refractivity contribution < 1.29 is 14.7 Å². The summed E-state index contributed by atoms with van der Waals surface area (Å²) in [6.07, 6.45) is 0. The predicted octanol–water partition coefficient (Wildman–Crippen LogP) is 5.82. The first kappa shape index (κ1) is 22.0. The molecule has 5 nitrogen and oxygen atoms in total. The van der Waals surface area contributed by atoms with Crippen LogP contribution in [0.2, 0.25) is 0 Å². The molecule has 3 aromatic rings. The smallest absolute Gasteiger partial charge is 0.301 e. The lowest BCUT2D eigenvalue weighted by molar-refractivity contribution is -0.132. The number of amides is 1. The fraction of sp³-hybridized carbons (Fsp3) is 0.269. The minimum Gasteiger partial charge on any atom is -0.507 e. The highest BCUT2D eigenvalue weighted by molar-refractivity contribution is 7.16. The maximum Gasteiger partial charge on any atom is 0.301 e. The number of carbonyl (C=O) groups excluding carboxylic acids is 2. The van der Waals surface area contributed by atoms with Gasteiger partial charge in [-0.1, -0.05) is 67.9 Å². The van der Waals surface area contributed by atoms with Crippen molar-refractivity contribution in [1.82, 2.24) is 4.98 Å². The number of hydrogen-bond acceptors (Lipinski definition) is 5. The van der Waals surface area contributed by atoms with E-state index in [0.29, 0.717) is 16.6 Å². The fourth-order valence-corrected chi connectivity index (χ4v) is 4.77. The highest BCUT2D eigenvalue weighted by Gasteiger charge is 2.48. The van der Waals surface area contributed by atoms with Crippen molar-refractivity contribution in [3.63, 3.8) is 0 Å². The molecule has 0 aliphatic carbocycles. The molecule has 1 N–H and O–H groups in total. The van der Waals surface area contributed by atoms with Gasteiger partial charge in [-0.2, -0.15) is 0 Å². The third kappa shape index (κ3) is 3.75. The van der Waals surface area contributed by atoms with Crippen LogP contribution in [0.4, 0.5) is 5.13 Å². The second-order valence-corrected chi connectivity index (χ2v) is 9.68. The minimum atomic E-state index is -0.748. The van der Waals surface area contributed by atoms with E-state index in [1.807, 2.05) is 57.2 Å². The summed E-state index contributed by atoms with van der Waals surface area (Å²) in [4.78, 5) is 33.3. The van der Waals surface area contributed by atoms with Gasteiger partial charge in [0.05, 0.1) is 17.3 Å². The van der Waals surface area contributed by atoms with Gasteiger partial charge in [-0.15, -0.1) is 11.3 Å². The third-order valence-corrected chi connectivity index (χ3v) is 6.98. The molecule has 1 amide bonds. The van der Waals surface area contributed by atoms with Gasteiger partial charge in [-0.3, -0.25) is 14.5 Å². The zero-order valence-corrected chi connectivity index (χ0v) is 19.7. The SMILES string of the molecule is Cc1ccc(C(O)=C2C(=O)C(=O)N(c3nc(C)c(C)s3)[C@@H]2c2ccc(C(C)C)cc2)cc1. The van der Waals surface area contributed by atoms with Crippen LogP contribution >= 0.6 is 11.3 Å². The predicted molar refractivity (Wildman–Crippen MR) is 128 cm³/mol. The Bertz CT molecular complexity index is 1200. The molecule has 0 saturated carbocycles. The maximum atomic E-state index is 13.2. The number of aromatic nitrogens is 1. The van der Waals surface area contributed by atoms with Crippen LogP contribution in [0.5, 0.6) is 0 Å². The molecule has 4 rings (SSSR count). The summed E-state index contributed by atoms with van der Waals surface area (Å²) in [7, 11) is 0. The molecule has 164 valence electrons. The molecular weight excluding hydrogens is 420 g/mol. The van der Waals surface area contributed by atoms with Gasteiger partial charge < -0.3 is 5.11 Å². The Kier molecular flexibility index (Phi) is 5.73. The van der Waals surface area contributed by atoms with Gasteiger partial charge >= 0.3 is 5.91 Å². The first-order valence-corrected chi connectivity index (χ1v) is 11.4. The number of thiazole rings is 1. The maximum absolute atomic E-state index is 13.2. The summed E-state index contributed by atoms with van der Waals surface area (Å²) >= 11 is 1.37. The number of aliphatic hydroxyl groups is 1. The van der Waals surface area contributed by atoms with E-state index < -0.39 is 17.7 Å². The molecule has 1 fully saturated rings. The average molecular weight is 447 g/mol. The van der Waals surface area contributed by atoms with E-state index in [-0.39, 0.29) is 11.3 Å². The van der Waals surface area contributed by atoms with Gasteiger partial charge in [0, 0.05) is 10.4 Å². The highest BCUT2D eigenvalue weighted by atomic mass is 32.1. The van der Waals surface area contributed by atoms with Crippen molar-refractivity contribution >= 4 is 33.9 Å². The van der Waals surface area contributed by atoms with Crippen LogP contribution in [0.1, 0.15) is 58.6 Å². The highest BCUT2D eigenvalue weighted by Crippen LogP contribution is 2.43. The molecule has 0 spiro atoms. The number of ketones is 1. The lowest BCUT2D eigenvalue weighted by Gasteiger charge is -2.23. The van der Waals surface area contributed by atoms with E-state index in [1.165, 1.54) is 16.2 Å². The number of hydrogen-bond donors (Lipinski definition) is 1. The van der Waals surface area contributed by atoms with Crippen molar-refractivity contribution in [2.75, 3.05) is 4.90 Å². The topological polar surface area (TPSA) is 70.5 Å². The lowest BCUT2D eigenvalue weighted by Crippen LogP contribution is -2.29. The van der Waals surface area contributed by atoms with Crippen molar-refractivity contribution in [2.45, 2.75) is 46.6 Å². The van der Waals surface area contributed by atoms with Crippen LogP contribution in [-0.2, 0) is 9.59 Å². The Morgan fingerprint density at radius 1 is 1.00 bits per heavy atom. The number of aliphatic hydroxyl groups excluding tert-OH is 1.